The topological polar surface area (TPSA) is 229 Å². The van der Waals surface area contributed by atoms with Crippen molar-refractivity contribution in [1.29, 1.82) is 0 Å². The Labute approximate surface area is 288 Å². The van der Waals surface area contributed by atoms with Gasteiger partial charge < -0.3 is 25.6 Å². The van der Waals surface area contributed by atoms with Gasteiger partial charge in [-0.05, 0) is 78.9 Å². The molecule has 17 heteroatoms. The van der Waals surface area contributed by atoms with Crippen LogP contribution in [0.1, 0.15) is 59.2 Å². The second kappa shape index (κ2) is 14.9. The fourth-order valence-corrected chi connectivity index (χ4v) is 5.14. The third-order valence-electron chi connectivity index (χ3n) is 7.68. The number of aromatic carboxylic acids is 2. The van der Waals surface area contributed by atoms with Gasteiger partial charge in [-0.15, -0.1) is 20.4 Å². The van der Waals surface area contributed by atoms with E-state index in [-0.39, 0.29) is 33.9 Å². The van der Waals surface area contributed by atoms with E-state index in [4.69, 9.17) is 4.74 Å². The summed E-state index contributed by atoms with van der Waals surface area (Å²) in [4.78, 5) is 58.0. The van der Waals surface area contributed by atoms with E-state index in [9.17, 15) is 29.4 Å². The highest BCUT2D eigenvalue weighted by molar-refractivity contribution is 6.07. The van der Waals surface area contributed by atoms with Crippen LogP contribution in [0.4, 0.5) is 11.4 Å². The molecule has 0 fully saturated rings. The minimum Gasteiger partial charge on any atom is -0.496 e. The maximum Gasteiger partial charge on any atom is 0.337 e. The number of nitrogens with one attached hydrogen (secondary N) is 2. The van der Waals surface area contributed by atoms with Crippen molar-refractivity contribution in [3.8, 4) is 17.4 Å². The average Bonchev–Trinajstić information content (AvgIpc) is 3.88. The van der Waals surface area contributed by atoms with Crippen LogP contribution in [0.15, 0.2) is 92.0 Å². The van der Waals surface area contributed by atoms with Gasteiger partial charge in [-0.1, -0.05) is 6.07 Å². The van der Waals surface area contributed by atoms with Crippen LogP contribution in [0.5, 0.6) is 5.75 Å². The molecule has 2 aromatic carbocycles. The third-order valence-corrected chi connectivity index (χ3v) is 7.68. The Balaban J connectivity index is 1.15. The maximum atomic E-state index is 13.1. The summed E-state index contributed by atoms with van der Waals surface area (Å²) in [5, 5.41) is 40.9. The number of carbonyl (C=O) groups excluding carboxylic acids is 2. The molecule has 0 saturated heterocycles. The first-order valence-corrected chi connectivity index (χ1v) is 15.3. The molecule has 6 aromatic rings. The molecule has 2 amide bonds. The van der Waals surface area contributed by atoms with Gasteiger partial charge in [0.1, 0.15) is 18.4 Å². The normalized spacial score (nSPS) is 10.8. The average molecular weight is 689 g/mol. The number of imidazole rings is 2. The minimum absolute atomic E-state index is 0.0149. The first-order chi connectivity index (χ1) is 24.7. The number of aryl methyl sites for hydroxylation is 2. The van der Waals surface area contributed by atoms with Gasteiger partial charge >= 0.3 is 11.9 Å². The molecule has 0 aliphatic heterocycles. The number of methoxy groups -OCH3 is 1. The van der Waals surface area contributed by atoms with Crippen LogP contribution < -0.4 is 15.4 Å². The summed E-state index contributed by atoms with van der Waals surface area (Å²) in [5.41, 5.74) is 1.13. The molecular formula is C34H28N10O7. The number of rotatable bonds is 13. The summed E-state index contributed by atoms with van der Waals surface area (Å²) < 4.78 is 8.71. The first-order valence-electron chi connectivity index (χ1n) is 15.3. The largest absolute Gasteiger partial charge is 0.496 e. The van der Waals surface area contributed by atoms with E-state index in [1.165, 1.54) is 50.1 Å². The van der Waals surface area contributed by atoms with Crippen LogP contribution in [0.3, 0.4) is 0 Å². The Bertz CT molecular complexity index is 2200. The number of carboxylic acid groups (broad SMARTS) is 2. The number of carboxylic acids is 2. The molecule has 6 rings (SSSR count). The van der Waals surface area contributed by atoms with Gasteiger partial charge in [0, 0.05) is 24.8 Å². The molecule has 0 spiro atoms. The summed E-state index contributed by atoms with van der Waals surface area (Å²) >= 11 is 0. The van der Waals surface area contributed by atoms with Gasteiger partial charge in [0.25, 0.3) is 11.8 Å². The zero-order chi connectivity index (χ0) is 35.9. The van der Waals surface area contributed by atoms with Gasteiger partial charge in [0.05, 0.1) is 29.6 Å². The Morgan fingerprint density at radius 2 is 1.25 bits per heavy atom. The zero-order valence-corrected chi connectivity index (χ0v) is 26.8. The molecule has 0 radical (unpaired) electrons. The van der Waals surface area contributed by atoms with E-state index in [1.54, 1.807) is 58.2 Å². The second-order valence-electron chi connectivity index (χ2n) is 11.0. The number of anilines is 2. The number of hydrogen-bond donors (Lipinski definition) is 4. The summed E-state index contributed by atoms with van der Waals surface area (Å²) in [6.45, 7) is 0. The van der Waals surface area contributed by atoms with Gasteiger partial charge in [-0.2, -0.15) is 0 Å². The lowest BCUT2D eigenvalue weighted by molar-refractivity contribution is 0.0686. The van der Waals surface area contributed by atoms with Crippen LogP contribution in [0.25, 0.3) is 11.6 Å². The van der Waals surface area contributed by atoms with Crippen molar-refractivity contribution in [3.05, 3.63) is 126 Å². The number of ether oxygens (including phenoxy) is 1. The van der Waals surface area contributed by atoms with Gasteiger partial charge in [0.2, 0.25) is 0 Å². The van der Waals surface area contributed by atoms with Gasteiger partial charge in [-0.3, -0.25) is 18.7 Å². The van der Waals surface area contributed by atoms with Crippen molar-refractivity contribution >= 4 is 35.1 Å². The molecule has 4 N–H and O–H groups in total. The van der Waals surface area contributed by atoms with Crippen LogP contribution in [0.2, 0.25) is 0 Å². The third kappa shape index (κ3) is 7.72. The highest BCUT2D eigenvalue weighted by Crippen LogP contribution is 2.30. The van der Waals surface area contributed by atoms with E-state index in [0.717, 1.165) is 5.56 Å². The van der Waals surface area contributed by atoms with Crippen LogP contribution in [-0.2, 0) is 12.8 Å². The van der Waals surface area contributed by atoms with Crippen LogP contribution in [0, 0.1) is 0 Å². The van der Waals surface area contributed by atoms with E-state index in [0.29, 0.717) is 42.2 Å². The molecule has 4 heterocycles. The molecule has 4 aromatic heterocycles. The van der Waals surface area contributed by atoms with Crippen LogP contribution >= 0.6 is 0 Å². The number of carbonyl (C=O) groups is 4. The smallest absolute Gasteiger partial charge is 0.337 e. The van der Waals surface area contributed by atoms with Gasteiger partial charge in [0.15, 0.2) is 23.0 Å². The van der Waals surface area contributed by atoms with Crippen molar-refractivity contribution < 1.29 is 34.1 Å². The van der Waals surface area contributed by atoms with Crippen molar-refractivity contribution in [1.82, 2.24) is 39.5 Å². The number of nitrogens with zero attached hydrogens (tertiary/aromatic N) is 8. The molecule has 0 bridgehead atoms. The lowest BCUT2D eigenvalue weighted by atomic mass is 9.99. The highest BCUT2D eigenvalue weighted by atomic mass is 16.5. The van der Waals surface area contributed by atoms with Crippen molar-refractivity contribution in [2.45, 2.75) is 19.3 Å². The molecule has 0 unspecified atom stereocenters. The van der Waals surface area contributed by atoms with E-state index in [2.05, 4.69) is 41.0 Å². The van der Waals surface area contributed by atoms with E-state index in [1.807, 2.05) is 0 Å². The molecule has 17 nitrogen and oxygen atoms in total. The molecule has 51 heavy (non-hydrogen) atoms. The Morgan fingerprint density at radius 1 is 0.686 bits per heavy atom. The number of benzene rings is 2. The Hall–Kier alpha value is -7.30. The van der Waals surface area contributed by atoms with E-state index < -0.39 is 23.8 Å². The maximum absolute atomic E-state index is 13.1. The van der Waals surface area contributed by atoms with Crippen molar-refractivity contribution in [2.75, 3.05) is 17.7 Å². The SMILES string of the molecule is COc1cc(C(=O)O)c(NC(=O)c2ccc(-n3ccnc3)nn2)cc1CCCc1ccc(C(=O)O)c(NC(=O)c2ccc(-n3ccnc3)nn2)c1. The van der Waals surface area contributed by atoms with Crippen molar-refractivity contribution in [2.24, 2.45) is 0 Å². The number of hydrogen-bond acceptors (Lipinski definition) is 11. The predicted molar refractivity (Wildman–Crippen MR) is 180 cm³/mol. The molecule has 256 valence electrons. The van der Waals surface area contributed by atoms with Crippen LogP contribution in [-0.4, -0.2) is 80.6 Å². The lowest BCUT2D eigenvalue weighted by Crippen LogP contribution is -2.17. The minimum atomic E-state index is -1.27. The molecule has 0 aliphatic carbocycles. The quantitative estimate of drug-likeness (QED) is 0.136. The lowest BCUT2D eigenvalue weighted by Gasteiger charge is -2.15. The molecule has 0 atom stereocenters. The summed E-state index contributed by atoms with van der Waals surface area (Å²) in [5.74, 6) is -2.60. The van der Waals surface area contributed by atoms with Crippen molar-refractivity contribution in [3.63, 3.8) is 0 Å². The number of aromatic nitrogens is 8. The zero-order valence-electron chi connectivity index (χ0n) is 26.8. The summed E-state index contributed by atoms with van der Waals surface area (Å²) in [6, 6.07) is 13.6. The first kappa shape index (κ1) is 33.6. The Morgan fingerprint density at radius 3 is 1.73 bits per heavy atom. The molecule has 0 aliphatic rings. The monoisotopic (exact) mass is 688 g/mol. The highest BCUT2D eigenvalue weighted by Gasteiger charge is 2.20. The van der Waals surface area contributed by atoms with Gasteiger partial charge in [-0.25, -0.2) is 19.6 Å². The molecular weight excluding hydrogens is 660 g/mol. The second-order valence-corrected chi connectivity index (χ2v) is 11.0. The summed E-state index contributed by atoms with van der Waals surface area (Å²) in [7, 11) is 1.41. The van der Waals surface area contributed by atoms with E-state index >= 15 is 0 Å². The number of amides is 2. The predicted octanol–water partition coefficient (Wildman–Crippen LogP) is 3.72. The Kier molecular flexibility index (Phi) is 9.79. The standard InChI is InChI=1S/C34H28N10O7/c1-51-28-17-23(34(49)50)27(38-32(46)25-8-10-30(42-40-25)44-14-12-36-19-44)16-21(28)4-2-3-20-5-6-22(33(47)48)26(15-20)37-31(45)24-7-9-29(41-39-24)43-13-11-35-18-43/h5-19H,2-4H2,1H3,(H,37,45)(H,38,46)(H,47,48)(H,49,50). The summed E-state index contributed by atoms with van der Waals surface area (Å²) in [6.07, 6.45) is 10.9. The fourth-order valence-electron chi connectivity index (χ4n) is 5.14. The molecule has 0 saturated carbocycles. The fraction of sp³-hybridized carbons (Fsp3) is 0.118.